The Bertz CT molecular complexity index is 877. The monoisotopic (exact) mass is 433 g/mol. The number of esters is 1. The van der Waals surface area contributed by atoms with Crippen molar-refractivity contribution in [1.29, 1.82) is 0 Å². The first-order valence-electron chi connectivity index (χ1n) is 8.10. The summed E-state index contributed by atoms with van der Waals surface area (Å²) in [5, 5.41) is 3.94. The summed E-state index contributed by atoms with van der Waals surface area (Å²) < 4.78 is 5.39. The number of nitrogens with one attached hydrogen (secondary N) is 1. The van der Waals surface area contributed by atoms with Gasteiger partial charge in [0.2, 0.25) is 0 Å². The summed E-state index contributed by atoms with van der Waals surface area (Å²) in [6.45, 7) is 0. The maximum Gasteiger partial charge on any atom is 0.339 e. The van der Waals surface area contributed by atoms with Crippen molar-refractivity contribution < 1.29 is 14.3 Å². The zero-order valence-electron chi connectivity index (χ0n) is 14.1. The van der Waals surface area contributed by atoms with E-state index in [-0.39, 0.29) is 11.7 Å². The molecule has 0 saturated heterocycles. The van der Waals surface area contributed by atoms with Crippen LogP contribution in [0.4, 0.5) is 5.69 Å². The molecule has 1 unspecified atom stereocenters. The average molecular weight is 435 g/mol. The van der Waals surface area contributed by atoms with Gasteiger partial charge >= 0.3 is 5.97 Å². The zero-order chi connectivity index (χ0) is 18.7. The van der Waals surface area contributed by atoms with Crippen LogP contribution in [-0.2, 0) is 9.53 Å². The first-order valence-corrected chi connectivity index (χ1v) is 9.27. The van der Waals surface area contributed by atoms with Crippen molar-refractivity contribution in [3.8, 4) is 0 Å². The maximum absolute atomic E-state index is 12.2. The molecule has 0 heterocycles. The summed E-state index contributed by atoms with van der Waals surface area (Å²) in [5.41, 5.74) is 3.03. The molecule has 0 fully saturated rings. The van der Waals surface area contributed by atoms with Crippen LogP contribution in [0, 0.1) is 0 Å². The van der Waals surface area contributed by atoms with Gasteiger partial charge in [0.25, 0.3) is 0 Å². The van der Waals surface area contributed by atoms with E-state index in [2.05, 4.69) is 21.2 Å². The number of carbonyl (C=O) groups excluding carboxylic acids is 2. The van der Waals surface area contributed by atoms with Crippen LogP contribution in [0.25, 0.3) is 0 Å². The normalized spacial score (nSPS) is 16.8. The SMILES string of the molecule is COC(=O)c1cccc(NC2=CC(=O)CC(c3ccc(Cl)cc3)C2)c1Br. The van der Waals surface area contributed by atoms with E-state index in [1.807, 2.05) is 30.3 Å². The number of anilines is 1. The molecule has 1 aliphatic carbocycles. The van der Waals surface area contributed by atoms with E-state index in [4.69, 9.17) is 16.3 Å². The van der Waals surface area contributed by atoms with Crippen LogP contribution in [-0.4, -0.2) is 18.9 Å². The molecular weight excluding hydrogens is 418 g/mol. The molecule has 26 heavy (non-hydrogen) atoms. The number of ether oxygens (including phenoxy) is 1. The minimum absolute atomic E-state index is 0.0685. The first kappa shape index (κ1) is 18.7. The lowest BCUT2D eigenvalue weighted by atomic mass is 9.85. The number of methoxy groups -OCH3 is 1. The van der Waals surface area contributed by atoms with Gasteiger partial charge in [0.05, 0.1) is 22.8 Å². The molecule has 3 rings (SSSR count). The number of ketones is 1. The van der Waals surface area contributed by atoms with Crippen molar-refractivity contribution in [3.05, 3.63) is 74.9 Å². The predicted octanol–water partition coefficient (Wildman–Crippen LogP) is 5.33. The summed E-state index contributed by atoms with van der Waals surface area (Å²) in [5.74, 6) is -0.262. The van der Waals surface area contributed by atoms with Gasteiger partial charge in [-0.1, -0.05) is 29.8 Å². The number of allylic oxidation sites excluding steroid dienone is 2. The average Bonchev–Trinajstić information content (AvgIpc) is 2.63. The Balaban J connectivity index is 1.82. The van der Waals surface area contributed by atoms with Crippen LogP contribution in [0.3, 0.4) is 0 Å². The van der Waals surface area contributed by atoms with Gasteiger partial charge in [-0.2, -0.15) is 0 Å². The Morgan fingerprint density at radius 2 is 1.92 bits per heavy atom. The summed E-state index contributed by atoms with van der Waals surface area (Å²) in [4.78, 5) is 24.0. The predicted molar refractivity (Wildman–Crippen MR) is 106 cm³/mol. The number of hydrogen-bond donors (Lipinski definition) is 1. The fourth-order valence-corrected chi connectivity index (χ4v) is 3.67. The van der Waals surface area contributed by atoms with Gasteiger partial charge in [-0.25, -0.2) is 4.79 Å². The molecule has 2 aromatic rings. The Morgan fingerprint density at radius 3 is 2.62 bits per heavy atom. The summed E-state index contributed by atoms with van der Waals surface area (Å²) in [6.07, 6.45) is 2.79. The molecule has 6 heteroatoms. The third kappa shape index (κ3) is 4.17. The quantitative estimate of drug-likeness (QED) is 0.661. The maximum atomic E-state index is 12.2. The summed E-state index contributed by atoms with van der Waals surface area (Å²) in [6, 6.07) is 12.9. The smallest absolute Gasteiger partial charge is 0.339 e. The largest absolute Gasteiger partial charge is 0.465 e. The highest BCUT2D eigenvalue weighted by molar-refractivity contribution is 9.10. The molecule has 0 radical (unpaired) electrons. The Morgan fingerprint density at radius 1 is 1.19 bits per heavy atom. The molecule has 0 saturated carbocycles. The highest BCUT2D eigenvalue weighted by Crippen LogP contribution is 2.34. The highest BCUT2D eigenvalue weighted by atomic mass is 79.9. The lowest BCUT2D eigenvalue weighted by molar-refractivity contribution is -0.115. The molecule has 1 aliphatic rings. The molecule has 1 N–H and O–H groups in total. The van der Waals surface area contributed by atoms with Gasteiger partial charge in [0.1, 0.15) is 0 Å². The second-order valence-corrected chi connectivity index (χ2v) is 7.31. The van der Waals surface area contributed by atoms with E-state index in [0.29, 0.717) is 33.6 Å². The van der Waals surface area contributed by atoms with E-state index in [1.54, 1.807) is 18.2 Å². The van der Waals surface area contributed by atoms with Crippen molar-refractivity contribution in [3.63, 3.8) is 0 Å². The molecule has 0 spiro atoms. The fourth-order valence-electron chi connectivity index (χ4n) is 3.02. The van der Waals surface area contributed by atoms with E-state index in [0.717, 1.165) is 11.3 Å². The Hall–Kier alpha value is -2.11. The van der Waals surface area contributed by atoms with Crippen molar-refractivity contribution in [2.24, 2.45) is 0 Å². The fraction of sp³-hybridized carbons (Fsp3) is 0.200. The molecular formula is C20H17BrClNO3. The summed E-state index contributed by atoms with van der Waals surface area (Å²) in [7, 11) is 1.34. The minimum Gasteiger partial charge on any atom is -0.465 e. The van der Waals surface area contributed by atoms with Crippen molar-refractivity contribution in [2.45, 2.75) is 18.8 Å². The van der Waals surface area contributed by atoms with Gasteiger partial charge in [-0.15, -0.1) is 0 Å². The van der Waals surface area contributed by atoms with Crippen molar-refractivity contribution >= 4 is 45.0 Å². The van der Waals surface area contributed by atoms with Gasteiger partial charge in [0, 0.05) is 23.2 Å². The number of halogens is 2. The van der Waals surface area contributed by atoms with Crippen LogP contribution in [0.5, 0.6) is 0 Å². The lowest BCUT2D eigenvalue weighted by Crippen LogP contribution is -2.17. The van der Waals surface area contributed by atoms with Crippen LogP contribution in [0.1, 0.15) is 34.7 Å². The number of benzene rings is 2. The topological polar surface area (TPSA) is 55.4 Å². The third-order valence-corrected chi connectivity index (χ3v) is 5.40. The van der Waals surface area contributed by atoms with Gasteiger partial charge in [0.15, 0.2) is 5.78 Å². The number of carbonyl (C=O) groups is 2. The second kappa shape index (κ2) is 8.06. The lowest BCUT2D eigenvalue weighted by Gasteiger charge is -2.24. The van der Waals surface area contributed by atoms with Crippen LogP contribution in [0.15, 0.2) is 58.7 Å². The summed E-state index contributed by atoms with van der Waals surface area (Å²) >= 11 is 9.39. The number of rotatable bonds is 4. The van der Waals surface area contributed by atoms with Gasteiger partial charge < -0.3 is 10.1 Å². The molecule has 0 amide bonds. The van der Waals surface area contributed by atoms with Crippen molar-refractivity contribution in [2.75, 3.05) is 12.4 Å². The van der Waals surface area contributed by atoms with Crippen LogP contribution >= 0.6 is 27.5 Å². The molecule has 2 aromatic carbocycles. The first-order chi connectivity index (χ1) is 12.5. The van der Waals surface area contributed by atoms with Crippen molar-refractivity contribution in [1.82, 2.24) is 0 Å². The molecule has 0 aliphatic heterocycles. The third-order valence-electron chi connectivity index (χ3n) is 4.29. The molecule has 0 aromatic heterocycles. The zero-order valence-corrected chi connectivity index (χ0v) is 16.4. The van der Waals surface area contributed by atoms with E-state index in [9.17, 15) is 9.59 Å². The molecule has 4 nitrogen and oxygen atoms in total. The van der Waals surface area contributed by atoms with Crippen LogP contribution < -0.4 is 5.32 Å². The highest BCUT2D eigenvalue weighted by Gasteiger charge is 2.23. The van der Waals surface area contributed by atoms with E-state index < -0.39 is 5.97 Å². The van der Waals surface area contributed by atoms with E-state index >= 15 is 0 Å². The molecule has 1 atom stereocenters. The standard InChI is InChI=1S/C20H17BrClNO3/c1-26-20(25)17-3-2-4-18(19(17)21)23-15-9-13(10-16(24)11-15)12-5-7-14(22)8-6-12/h2-8,11,13,23H,9-10H2,1H3. The molecule has 134 valence electrons. The van der Waals surface area contributed by atoms with E-state index in [1.165, 1.54) is 7.11 Å². The minimum atomic E-state index is -0.423. The number of hydrogen-bond acceptors (Lipinski definition) is 4. The molecule has 0 bridgehead atoms. The Kier molecular flexibility index (Phi) is 5.79. The second-order valence-electron chi connectivity index (χ2n) is 6.08. The Labute approximate surface area is 165 Å². The van der Waals surface area contributed by atoms with Gasteiger partial charge in [-0.05, 0) is 58.1 Å². The van der Waals surface area contributed by atoms with Crippen LogP contribution in [0.2, 0.25) is 5.02 Å². The van der Waals surface area contributed by atoms with Gasteiger partial charge in [-0.3, -0.25) is 4.79 Å².